The second-order valence-corrected chi connectivity index (χ2v) is 5.62. The fourth-order valence-corrected chi connectivity index (χ4v) is 2.74. The zero-order valence-electron chi connectivity index (χ0n) is 12.5. The molecule has 21 heavy (non-hydrogen) atoms. The number of rotatable bonds is 2. The molecule has 3 rings (SSSR count). The van der Waals surface area contributed by atoms with Crippen LogP contribution < -0.4 is 9.80 Å². The molecule has 0 unspecified atom stereocenters. The van der Waals surface area contributed by atoms with Crippen LogP contribution in [0.3, 0.4) is 0 Å². The molecule has 0 aromatic heterocycles. The van der Waals surface area contributed by atoms with Gasteiger partial charge < -0.3 is 9.80 Å². The number of fused-ring (bicyclic) bond motifs is 1. The van der Waals surface area contributed by atoms with Crippen LogP contribution in [-0.2, 0) is 11.2 Å². The lowest BCUT2D eigenvalue weighted by Gasteiger charge is -2.35. The van der Waals surface area contributed by atoms with E-state index in [4.69, 9.17) is 0 Å². The van der Waals surface area contributed by atoms with Crippen LogP contribution in [-0.4, -0.2) is 26.0 Å². The van der Waals surface area contributed by atoms with Crippen LogP contribution in [0.5, 0.6) is 0 Å². The Balaban J connectivity index is 1.82. The Morgan fingerprint density at radius 3 is 2.38 bits per heavy atom. The van der Waals surface area contributed by atoms with E-state index in [0.717, 1.165) is 30.0 Å². The number of likely N-dealkylation sites (N-methyl/N-ethyl adjacent to an activating group) is 1. The van der Waals surface area contributed by atoms with Gasteiger partial charge in [0.2, 0.25) is 5.91 Å². The number of para-hydroxylation sites is 2. The summed E-state index contributed by atoms with van der Waals surface area (Å²) < 4.78 is 0. The van der Waals surface area contributed by atoms with Gasteiger partial charge >= 0.3 is 0 Å². The first kappa shape index (κ1) is 13.7. The highest BCUT2D eigenvalue weighted by Gasteiger charge is 2.24. The van der Waals surface area contributed by atoms with Crippen LogP contribution >= 0.6 is 0 Å². The minimum atomic E-state index is 0.166. The average molecular weight is 280 g/mol. The smallest absolute Gasteiger partial charge is 0.231 e. The molecule has 2 aromatic rings. The third kappa shape index (κ3) is 2.77. The van der Waals surface area contributed by atoms with Crippen molar-refractivity contribution in [3.8, 4) is 0 Å². The van der Waals surface area contributed by atoms with Crippen molar-refractivity contribution in [2.75, 3.05) is 29.9 Å². The molecule has 1 amide bonds. The van der Waals surface area contributed by atoms with Crippen molar-refractivity contribution in [3.05, 3.63) is 59.7 Å². The molecule has 0 atom stereocenters. The van der Waals surface area contributed by atoms with Crippen molar-refractivity contribution in [1.82, 2.24) is 0 Å². The average Bonchev–Trinajstić information content (AvgIpc) is 2.50. The molecule has 0 aliphatic carbocycles. The predicted molar refractivity (Wildman–Crippen MR) is 86.9 cm³/mol. The normalized spacial score (nSPS) is 14.0. The van der Waals surface area contributed by atoms with Gasteiger partial charge in [-0.25, -0.2) is 0 Å². The fourth-order valence-electron chi connectivity index (χ4n) is 2.74. The van der Waals surface area contributed by atoms with E-state index >= 15 is 0 Å². The Labute approximate surface area is 125 Å². The van der Waals surface area contributed by atoms with E-state index in [2.05, 4.69) is 37.1 Å². The molecule has 1 aliphatic rings. The van der Waals surface area contributed by atoms with Gasteiger partial charge in [0.25, 0.3) is 0 Å². The van der Waals surface area contributed by atoms with Crippen LogP contribution in [0.25, 0.3) is 0 Å². The highest BCUT2D eigenvalue weighted by Crippen LogP contribution is 2.32. The number of benzene rings is 2. The quantitative estimate of drug-likeness (QED) is 0.844. The van der Waals surface area contributed by atoms with Gasteiger partial charge in [-0.05, 0) is 24.6 Å². The SMILES string of the molecule is Cc1ccc(CC(=O)N2CCN(C)c3ccccc32)cc1. The second-order valence-electron chi connectivity index (χ2n) is 5.62. The summed E-state index contributed by atoms with van der Waals surface area (Å²) in [6.07, 6.45) is 0.457. The van der Waals surface area contributed by atoms with Crippen molar-refractivity contribution in [2.45, 2.75) is 13.3 Å². The molecular formula is C18H20N2O. The first-order valence-electron chi connectivity index (χ1n) is 7.31. The van der Waals surface area contributed by atoms with Gasteiger partial charge in [0.1, 0.15) is 0 Å². The molecule has 1 aliphatic heterocycles. The number of amides is 1. The van der Waals surface area contributed by atoms with Gasteiger partial charge in [-0.1, -0.05) is 42.0 Å². The third-order valence-electron chi connectivity index (χ3n) is 4.02. The summed E-state index contributed by atoms with van der Waals surface area (Å²) in [5, 5.41) is 0. The number of nitrogens with zero attached hydrogens (tertiary/aromatic N) is 2. The maximum Gasteiger partial charge on any atom is 0.231 e. The lowest BCUT2D eigenvalue weighted by Crippen LogP contribution is -2.43. The van der Waals surface area contributed by atoms with Gasteiger partial charge in [0, 0.05) is 20.1 Å². The molecule has 3 heteroatoms. The van der Waals surface area contributed by atoms with Gasteiger partial charge in [0.15, 0.2) is 0 Å². The summed E-state index contributed by atoms with van der Waals surface area (Å²) in [5.41, 5.74) is 4.43. The fraction of sp³-hybridized carbons (Fsp3) is 0.278. The molecule has 3 nitrogen and oxygen atoms in total. The summed E-state index contributed by atoms with van der Waals surface area (Å²) in [4.78, 5) is 16.7. The molecule has 108 valence electrons. The van der Waals surface area contributed by atoms with E-state index in [1.165, 1.54) is 5.56 Å². The van der Waals surface area contributed by atoms with Gasteiger partial charge in [-0.3, -0.25) is 4.79 Å². The van der Waals surface area contributed by atoms with Gasteiger partial charge in [-0.15, -0.1) is 0 Å². The molecule has 0 fully saturated rings. The monoisotopic (exact) mass is 280 g/mol. The standard InChI is InChI=1S/C18H20N2O/c1-14-7-9-15(10-8-14)13-18(21)20-12-11-19(2)16-5-3-4-6-17(16)20/h3-10H,11-13H2,1-2H3. The Hall–Kier alpha value is -2.29. The Bertz CT molecular complexity index is 649. The minimum absolute atomic E-state index is 0.166. The minimum Gasteiger partial charge on any atom is -0.371 e. The number of aryl methyl sites for hydroxylation is 1. The van der Waals surface area contributed by atoms with Crippen LogP contribution in [0.1, 0.15) is 11.1 Å². The highest BCUT2D eigenvalue weighted by molar-refractivity contribution is 5.98. The van der Waals surface area contributed by atoms with E-state index < -0.39 is 0 Å². The maximum atomic E-state index is 12.6. The van der Waals surface area contributed by atoms with Crippen LogP contribution in [0.15, 0.2) is 48.5 Å². The lowest BCUT2D eigenvalue weighted by atomic mass is 10.1. The van der Waals surface area contributed by atoms with Gasteiger partial charge in [0.05, 0.1) is 17.8 Å². The summed E-state index contributed by atoms with van der Waals surface area (Å²) >= 11 is 0. The van der Waals surface area contributed by atoms with Crippen LogP contribution in [0.2, 0.25) is 0 Å². The van der Waals surface area contributed by atoms with Crippen LogP contribution in [0, 0.1) is 6.92 Å². The van der Waals surface area contributed by atoms with Crippen molar-refractivity contribution >= 4 is 17.3 Å². The largest absolute Gasteiger partial charge is 0.371 e. The third-order valence-corrected chi connectivity index (χ3v) is 4.02. The topological polar surface area (TPSA) is 23.6 Å². The number of carbonyl (C=O) groups is 1. The van der Waals surface area contributed by atoms with Crippen LogP contribution in [0.4, 0.5) is 11.4 Å². The Morgan fingerprint density at radius 1 is 1.00 bits per heavy atom. The molecule has 0 spiro atoms. The first-order valence-corrected chi connectivity index (χ1v) is 7.31. The van der Waals surface area contributed by atoms with E-state index in [9.17, 15) is 4.79 Å². The van der Waals surface area contributed by atoms with Gasteiger partial charge in [-0.2, -0.15) is 0 Å². The van der Waals surface area contributed by atoms with E-state index in [1.807, 2.05) is 35.2 Å². The number of hydrogen-bond acceptors (Lipinski definition) is 2. The Kier molecular flexibility index (Phi) is 3.65. The van der Waals surface area contributed by atoms with Crippen molar-refractivity contribution in [2.24, 2.45) is 0 Å². The lowest BCUT2D eigenvalue weighted by molar-refractivity contribution is -0.118. The molecule has 0 radical (unpaired) electrons. The maximum absolute atomic E-state index is 12.6. The van der Waals surface area contributed by atoms with Crippen molar-refractivity contribution in [1.29, 1.82) is 0 Å². The van der Waals surface area contributed by atoms with E-state index in [0.29, 0.717) is 6.42 Å². The predicted octanol–water partition coefficient (Wildman–Crippen LogP) is 3.02. The second kappa shape index (κ2) is 5.60. The zero-order valence-corrected chi connectivity index (χ0v) is 12.5. The summed E-state index contributed by atoms with van der Waals surface area (Å²) in [6, 6.07) is 16.3. The molecule has 1 heterocycles. The number of hydrogen-bond donors (Lipinski definition) is 0. The molecular weight excluding hydrogens is 260 g/mol. The summed E-state index contributed by atoms with van der Waals surface area (Å²) in [5.74, 6) is 0.166. The molecule has 2 aromatic carbocycles. The molecule has 0 N–H and O–H groups in total. The summed E-state index contributed by atoms with van der Waals surface area (Å²) in [7, 11) is 2.07. The Morgan fingerprint density at radius 2 is 1.67 bits per heavy atom. The first-order chi connectivity index (χ1) is 10.1. The molecule has 0 saturated carbocycles. The van der Waals surface area contributed by atoms with Crippen molar-refractivity contribution in [3.63, 3.8) is 0 Å². The van der Waals surface area contributed by atoms with E-state index in [1.54, 1.807) is 0 Å². The van der Waals surface area contributed by atoms with E-state index in [-0.39, 0.29) is 5.91 Å². The number of anilines is 2. The zero-order chi connectivity index (χ0) is 14.8. The number of carbonyl (C=O) groups excluding carboxylic acids is 1. The van der Waals surface area contributed by atoms with Crippen molar-refractivity contribution < 1.29 is 4.79 Å². The molecule has 0 saturated heterocycles. The molecule has 0 bridgehead atoms. The summed E-state index contributed by atoms with van der Waals surface area (Å²) in [6.45, 7) is 3.68. The highest BCUT2D eigenvalue weighted by atomic mass is 16.2.